The van der Waals surface area contributed by atoms with Crippen LogP contribution in [0.25, 0.3) is 0 Å². The van der Waals surface area contributed by atoms with Crippen LogP contribution in [0.3, 0.4) is 0 Å². The number of rotatable bonds is 4. The Balaban J connectivity index is 2.03. The van der Waals surface area contributed by atoms with E-state index in [-0.39, 0.29) is 34.4 Å². The highest BCUT2D eigenvalue weighted by Gasteiger charge is 2.68. The number of hydrogen-bond donors (Lipinski definition) is 2. The lowest BCUT2D eigenvalue weighted by Gasteiger charge is -2.12. The van der Waals surface area contributed by atoms with E-state index in [1.165, 1.54) is 16.7 Å². The minimum absolute atomic E-state index is 0.00803. The molecule has 1 atom stereocenters. The first-order chi connectivity index (χ1) is 9.09. The highest BCUT2D eigenvalue weighted by molar-refractivity contribution is 7.09. The summed E-state index contributed by atoms with van der Waals surface area (Å²) in [4.78, 5) is 27.1. The Morgan fingerprint density at radius 2 is 1.90 bits per heavy atom. The predicted octanol–water partition coefficient (Wildman–Crippen LogP) is 2.70. The van der Waals surface area contributed by atoms with E-state index in [0.29, 0.717) is 5.01 Å². The number of thiazole rings is 1. The molecule has 1 unspecified atom stereocenters. The standard InChI is InChI=1S/C14H20N2O3S/c1-7(11-16-8(6-20-11)12(18)19)15-10(17)9-13(2,3)14(9,4)5/h6-7,9H,1-5H3,(H,15,17)(H,18,19). The second kappa shape index (κ2) is 4.55. The van der Waals surface area contributed by atoms with E-state index in [1.54, 1.807) is 0 Å². The van der Waals surface area contributed by atoms with E-state index in [9.17, 15) is 9.59 Å². The molecule has 1 saturated carbocycles. The van der Waals surface area contributed by atoms with Crippen molar-refractivity contribution in [1.29, 1.82) is 0 Å². The smallest absolute Gasteiger partial charge is 0.355 e. The number of amides is 1. The first kappa shape index (κ1) is 15.0. The highest BCUT2D eigenvalue weighted by Crippen LogP contribution is 2.68. The molecule has 2 rings (SSSR count). The molecule has 110 valence electrons. The number of carbonyl (C=O) groups excluding carboxylic acids is 1. The van der Waals surface area contributed by atoms with Gasteiger partial charge in [0.1, 0.15) is 5.01 Å². The average molecular weight is 296 g/mol. The number of carboxylic acids is 1. The molecule has 0 aliphatic heterocycles. The molecule has 1 heterocycles. The van der Waals surface area contributed by atoms with E-state index in [4.69, 9.17) is 5.11 Å². The third kappa shape index (κ3) is 2.22. The van der Waals surface area contributed by atoms with Crippen molar-refractivity contribution < 1.29 is 14.7 Å². The van der Waals surface area contributed by atoms with Crippen molar-refractivity contribution >= 4 is 23.2 Å². The Kier molecular flexibility index (Phi) is 3.40. The third-order valence-electron chi connectivity index (χ3n) is 4.75. The molecule has 1 aromatic rings. The van der Waals surface area contributed by atoms with Gasteiger partial charge in [-0.3, -0.25) is 4.79 Å². The lowest BCUT2D eigenvalue weighted by atomic mass is 10.0. The highest BCUT2D eigenvalue weighted by atomic mass is 32.1. The molecular weight excluding hydrogens is 276 g/mol. The van der Waals surface area contributed by atoms with Gasteiger partial charge < -0.3 is 10.4 Å². The monoisotopic (exact) mass is 296 g/mol. The van der Waals surface area contributed by atoms with Crippen LogP contribution in [-0.4, -0.2) is 22.0 Å². The molecular formula is C14H20N2O3S. The summed E-state index contributed by atoms with van der Waals surface area (Å²) in [6.07, 6.45) is 0. The largest absolute Gasteiger partial charge is 0.476 e. The number of aromatic carboxylic acids is 1. The zero-order valence-electron chi connectivity index (χ0n) is 12.4. The maximum absolute atomic E-state index is 12.3. The quantitative estimate of drug-likeness (QED) is 0.895. The number of nitrogens with one attached hydrogen (secondary N) is 1. The van der Waals surface area contributed by atoms with Crippen LogP contribution >= 0.6 is 11.3 Å². The van der Waals surface area contributed by atoms with Gasteiger partial charge in [-0.1, -0.05) is 27.7 Å². The molecule has 0 saturated heterocycles. The first-order valence-electron chi connectivity index (χ1n) is 6.58. The van der Waals surface area contributed by atoms with E-state index in [2.05, 4.69) is 38.0 Å². The number of nitrogens with zero attached hydrogens (tertiary/aromatic N) is 1. The van der Waals surface area contributed by atoms with Gasteiger partial charge >= 0.3 is 5.97 Å². The number of carboxylic acid groups (broad SMARTS) is 1. The van der Waals surface area contributed by atoms with Gasteiger partial charge in [0.05, 0.1) is 6.04 Å². The average Bonchev–Trinajstić information content (AvgIpc) is 2.70. The Hall–Kier alpha value is -1.43. The Labute approximate surface area is 122 Å². The number of aromatic nitrogens is 1. The SMILES string of the molecule is CC(NC(=O)C1C(C)(C)C1(C)C)c1nc(C(=O)O)cs1. The summed E-state index contributed by atoms with van der Waals surface area (Å²) < 4.78 is 0. The summed E-state index contributed by atoms with van der Waals surface area (Å²) in [6, 6.07) is -0.271. The third-order valence-corrected chi connectivity index (χ3v) is 5.78. The minimum atomic E-state index is -1.05. The van der Waals surface area contributed by atoms with Gasteiger partial charge in [-0.2, -0.15) is 0 Å². The Morgan fingerprint density at radius 3 is 2.30 bits per heavy atom. The molecule has 2 N–H and O–H groups in total. The summed E-state index contributed by atoms with van der Waals surface area (Å²) in [5.41, 5.74) is 0.0100. The summed E-state index contributed by atoms with van der Waals surface area (Å²) >= 11 is 1.25. The van der Waals surface area contributed by atoms with Crippen LogP contribution in [0.4, 0.5) is 0 Å². The Bertz CT molecular complexity index is 549. The van der Waals surface area contributed by atoms with Gasteiger partial charge in [-0.05, 0) is 17.8 Å². The zero-order valence-corrected chi connectivity index (χ0v) is 13.2. The molecule has 0 bridgehead atoms. The maximum Gasteiger partial charge on any atom is 0.355 e. The van der Waals surface area contributed by atoms with Crippen molar-refractivity contribution in [2.75, 3.05) is 0 Å². The molecule has 20 heavy (non-hydrogen) atoms. The normalized spacial score (nSPS) is 21.2. The molecule has 1 amide bonds. The summed E-state index contributed by atoms with van der Waals surface area (Å²) in [5.74, 6) is -1.05. The van der Waals surface area contributed by atoms with Gasteiger partial charge in [-0.25, -0.2) is 9.78 Å². The summed E-state index contributed by atoms with van der Waals surface area (Å²) in [6.45, 7) is 10.2. The fourth-order valence-electron chi connectivity index (χ4n) is 2.80. The van der Waals surface area contributed by atoms with Crippen molar-refractivity contribution in [2.45, 2.75) is 40.7 Å². The number of hydrogen-bond acceptors (Lipinski definition) is 4. The fraction of sp³-hybridized carbons (Fsp3) is 0.643. The summed E-state index contributed by atoms with van der Waals surface area (Å²) in [7, 11) is 0. The molecule has 1 aromatic heterocycles. The van der Waals surface area contributed by atoms with E-state index < -0.39 is 5.97 Å². The van der Waals surface area contributed by atoms with Crippen LogP contribution in [0.15, 0.2) is 5.38 Å². The van der Waals surface area contributed by atoms with Crippen LogP contribution in [0.2, 0.25) is 0 Å². The van der Waals surface area contributed by atoms with Crippen LogP contribution in [0.1, 0.15) is 56.2 Å². The van der Waals surface area contributed by atoms with Gasteiger partial charge in [-0.15, -0.1) is 11.3 Å². The molecule has 0 spiro atoms. The van der Waals surface area contributed by atoms with Crippen molar-refractivity contribution in [1.82, 2.24) is 10.3 Å². The van der Waals surface area contributed by atoms with Crippen molar-refractivity contribution in [3.8, 4) is 0 Å². The van der Waals surface area contributed by atoms with Crippen molar-refractivity contribution in [2.24, 2.45) is 16.7 Å². The lowest BCUT2D eigenvalue weighted by Crippen LogP contribution is -2.30. The molecule has 5 nitrogen and oxygen atoms in total. The minimum Gasteiger partial charge on any atom is -0.476 e. The van der Waals surface area contributed by atoms with Gasteiger partial charge in [0.25, 0.3) is 0 Å². The van der Waals surface area contributed by atoms with Crippen LogP contribution < -0.4 is 5.32 Å². The molecule has 6 heteroatoms. The van der Waals surface area contributed by atoms with E-state index in [1.807, 2.05) is 6.92 Å². The zero-order chi connectivity index (χ0) is 15.3. The second-order valence-electron chi connectivity index (χ2n) is 6.48. The lowest BCUT2D eigenvalue weighted by molar-refractivity contribution is -0.124. The number of carbonyl (C=O) groups is 2. The first-order valence-corrected chi connectivity index (χ1v) is 7.46. The van der Waals surface area contributed by atoms with Gasteiger partial charge in [0.15, 0.2) is 5.69 Å². The predicted molar refractivity (Wildman–Crippen MR) is 76.7 cm³/mol. The van der Waals surface area contributed by atoms with Crippen molar-refractivity contribution in [3.63, 3.8) is 0 Å². The maximum atomic E-state index is 12.3. The molecule has 0 aromatic carbocycles. The molecule has 1 aliphatic carbocycles. The van der Waals surface area contributed by atoms with Crippen LogP contribution in [-0.2, 0) is 4.79 Å². The van der Waals surface area contributed by atoms with E-state index >= 15 is 0 Å². The second-order valence-corrected chi connectivity index (χ2v) is 7.37. The topological polar surface area (TPSA) is 79.3 Å². The molecule has 0 radical (unpaired) electrons. The molecule has 1 aliphatic rings. The molecule has 1 fully saturated rings. The van der Waals surface area contributed by atoms with Gasteiger partial charge in [0.2, 0.25) is 5.91 Å². The van der Waals surface area contributed by atoms with Crippen LogP contribution in [0.5, 0.6) is 0 Å². The Morgan fingerprint density at radius 1 is 1.35 bits per heavy atom. The van der Waals surface area contributed by atoms with Crippen molar-refractivity contribution in [3.05, 3.63) is 16.1 Å². The fourth-order valence-corrected chi connectivity index (χ4v) is 3.60. The van der Waals surface area contributed by atoms with Crippen LogP contribution in [0, 0.1) is 16.7 Å². The summed E-state index contributed by atoms with van der Waals surface area (Å²) in [5, 5.41) is 13.9. The van der Waals surface area contributed by atoms with Gasteiger partial charge in [0, 0.05) is 11.3 Å². The van der Waals surface area contributed by atoms with E-state index in [0.717, 1.165) is 0 Å².